The molecule has 20 heavy (non-hydrogen) atoms. The van der Waals surface area contributed by atoms with Gasteiger partial charge in [-0.15, -0.1) is 0 Å². The number of amides is 4. The van der Waals surface area contributed by atoms with Crippen LogP contribution in [0.15, 0.2) is 0 Å². The van der Waals surface area contributed by atoms with E-state index in [-0.39, 0.29) is 29.7 Å². The van der Waals surface area contributed by atoms with Gasteiger partial charge in [0.2, 0.25) is 11.8 Å². The lowest BCUT2D eigenvalue weighted by Crippen LogP contribution is -2.47. The molecule has 0 atom stereocenters. The number of hydrazine groups is 1. The molecular formula is C14H23N3O3. The molecule has 1 saturated carbocycles. The van der Waals surface area contributed by atoms with Crippen LogP contribution in [-0.4, -0.2) is 29.4 Å². The summed E-state index contributed by atoms with van der Waals surface area (Å²) in [5.74, 6) is 0.0502. The molecule has 6 heteroatoms. The van der Waals surface area contributed by atoms with Crippen molar-refractivity contribution in [3.63, 3.8) is 0 Å². The molecule has 0 aromatic heterocycles. The Labute approximate surface area is 119 Å². The molecular weight excluding hydrogens is 258 g/mol. The van der Waals surface area contributed by atoms with Gasteiger partial charge in [-0.25, -0.2) is 9.80 Å². The van der Waals surface area contributed by atoms with Gasteiger partial charge in [0.25, 0.3) is 0 Å². The van der Waals surface area contributed by atoms with Crippen LogP contribution in [0.1, 0.15) is 46.5 Å². The van der Waals surface area contributed by atoms with Crippen LogP contribution < -0.4 is 10.7 Å². The minimum atomic E-state index is -0.549. The standard InChI is InChI=1S/C14H23N3O3/c1-14(2,3)10-6-4-9(5-7-10)12(19)16-17-8-11(18)15-13(17)20/h9-10H,4-8H2,1-3H3,(H,16,19)(H,15,18,20). The Kier molecular flexibility index (Phi) is 4.01. The van der Waals surface area contributed by atoms with Gasteiger partial charge in [0.15, 0.2) is 0 Å². The fourth-order valence-corrected chi connectivity index (χ4v) is 2.98. The molecule has 2 rings (SSSR count). The van der Waals surface area contributed by atoms with Crippen molar-refractivity contribution in [1.82, 2.24) is 15.8 Å². The molecule has 0 aromatic rings. The number of rotatable bonds is 2. The highest BCUT2D eigenvalue weighted by Gasteiger charge is 2.34. The highest BCUT2D eigenvalue weighted by Crippen LogP contribution is 2.39. The first-order chi connectivity index (χ1) is 9.27. The van der Waals surface area contributed by atoms with E-state index in [1.165, 1.54) is 0 Å². The molecule has 1 saturated heterocycles. The zero-order valence-corrected chi connectivity index (χ0v) is 12.4. The molecule has 2 N–H and O–H groups in total. The van der Waals surface area contributed by atoms with Crippen LogP contribution in [0.3, 0.4) is 0 Å². The number of urea groups is 1. The van der Waals surface area contributed by atoms with Gasteiger partial charge in [0.1, 0.15) is 6.54 Å². The Bertz CT molecular complexity index is 420. The molecule has 0 aromatic carbocycles. The predicted octanol–water partition coefficient (Wildman–Crippen LogP) is 1.42. The molecule has 1 aliphatic heterocycles. The number of hydrogen-bond acceptors (Lipinski definition) is 3. The summed E-state index contributed by atoms with van der Waals surface area (Å²) in [6.07, 6.45) is 3.76. The van der Waals surface area contributed by atoms with Crippen molar-refractivity contribution in [2.45, 2.75) is 46.5 Å². The molecule has 1 aliphatic carbocycles. The Morgan fingerprint density at radius 1 is 1.20 bits per heavy atom. The molecule has 0 radical (unpaired) electrons. The highest BCUT2D eigenvalue weighted by molar-refractivity contribution is 6.02. The molecule has 2 aliphatic rings. The van der Waals surface area contributed by atoms with Crippen molar-refractivity contribution < 1.29 is 14.4 Å². The minimum Gasteiger partial charge on any atom is -0.275 e. The fraction of sp³-hybridized carbons (Fsp3) is 0.786. The smallest absolute Gasteiger partial charge is 0.275 e. The van der Waals surface area contributed by atoms with E-state index in [9.17, 15) is 14.4 Å². The average molecular weight is 281 g/mol. The number of carbonyl (C=O) groups excluding carboxylic acids is 3. The maximum atomic E-state index is 12.1. The van der Waals surface area contributed by atoms with Crippen molar-refractivity contribution in [2.75, 3.05) is 6.54 Å². The van der Waals surface area contributed by atoms with Gasteiger partial charge in [-0.2, -0.15) is 0 Å². The van der Waals surface area contributed by atoms with Crippen molar-refractivity contribution in [1.29, 1.82) is 0 Å². The number of imide groups is 1. The van der Waals surface area contributed by atoms with Crippen LogP contribution in [0.2, 0.25) is 0 Å². The normalized spacial score (nSPS) is 27.4. The number of nitrogens with one attached hydrogen (secondary N) is 2. The number of hydrogen-bond donors (Lipinski definition) is 2. The summed E-state index contributed by atoms with van der Waals surface area (Å²) in [5, 5.41) is 3.19. The first-order valence-corrected chi connectivity index (χ1v) is 7.19. The number of carbonyl (C=O) groups is 3. The molecule has 2 fully saturated rings. The summed E-state index contributed by atoms with van der Waals surface area (Å²) in [6.45, 7) is 6.61. The summed E-state index contributed by atoms with van der Waals surface area (Å²) in [6, 6.07) is -0.549. The second kappa shape index (κ2) is 5.42. The lowest BCUT2D eigenvalue weighted by atomic mass is 9.70. The van der Waals surface area contributed by atoms with Crippen molar-refractivity contribution in [3.05, 3.63) is 0 Å². The Morgan fingerprint density at radius 3 is 2.25 bits per heavy atom. The van der Waals surface area contributed by atoms with Crippen LogP contribution in [0.5, 0.6) is 0 Å². The van der Waals surface area contributed by atoms with Gasteiger partial charge in [-0.05, 0) is 37.0 Å². The lowest BCUT2D eigenvalue weighted by Gasteiger charge is -2.36. The first kappa shape index (κ1) is 14.8. The van der Waals surface area contributed by atoms with E-state index in [4.69, 9.17) is 0 Å². The third kappa shape index (κ3) is 3.29. The van der Waals surface area contributed by atoms with E-state index in [1.54, 1.807) is 0 Å². The van der Waals surface area contributed by atoms with E-state index >= 15 is 0 Å². The molecule has 6 nitrogen and oxygen atoms in total. The third-order valence-electron chi connectivity index (χ3n) is 4.36. The van der Waals surface area contributed by atoms with Crippen LogP contribution in [0.4, 0.5) is 4.79 Å². The van der Waals surface area contributed by atoms with E-state index < -0.39 is 6.03 Å². The zero-order valence-electron chi connectivity index (χ0n) is 12.4. The van der Waals surface area contributed by atoms with Gasteiger partial charge >= 0.3 is 6.03 Å². The van der Waals surface area contributed by atoms with Crippen molar-refractivity contribution >= 4 is 17.8 Å². The van der Waals surface area contributed by atoms with Crippen LogP contribution in [-0.2, 0) is 9.59 Å². The molecule has 1 heterocycles. The molecule has 0 bridgehead atoms. The summed E-state index contributed by atoms with van der Waals surface area (Å²) in [5.41, 5.74) is 2.82. The molecule has 4 amide bonds. The lowest BCUT2D eigenvalue weighted by molar-refractivity contribution is -0.130. The monoisotopic (exact) mass is 281 g/mol. The molecule has 0 spiro atoms. The number of nitrogens with zero attached hydrogens (tertiary/aromatic N) is 1. The van der Waals surface area contributed by atoms with Crippen molar-refractivity contribution in [3.8, 4) is 0 Å². The Morgan fingerprint density at radius 2 is 1.80 bits per heavy atom. The maximum Gasteiger partial charge on any atom is 0.343 e. The Balaban J connectivity index is 1.83. The first-order valence-electron chi connectivity index (χ1n) is 7.19. The van der Waals surface area contributed by atoms with Gasteiger partial charge in [0, 0.05) is 5.92 Å². The second-order valence-electron chi connectivity index (χ2n) is 6.83. The molecule has 112 valence electrons. The van der Waals surface area contributed by atoms with Crippen LogP contribution >= 0.6 is 0 Å². The van der Waals surface area contributed by atoms with E-state index in [0.717, 1.165) is 30.7 Å². The van der Waals surface area contributed by atoms with Gasteiger partial charge < -0.3 is 0 Å². The van der Waals surface area contributed by atoms with E-state index in [0.29, 0.717) is 5.92 Å². The summed E-state index contributed by atoms with van der Waals surface area (Å²) < 4.78 is 0. The van der Waals surface area contributed by atoms with Gasteiger partial charge in [-0.1, -0.05) is 20.8 Å². The highest BCUT2D eigenvalue weighted by atomic mass is 16.2. The summed E-state index contributed by atoms with van der Waals surface area (Å²) in [7, 11) is 0. The SMILES string of the molecule is CC(C)(C)C1CCC(C(=O)NN2CC(=O)NC2=O)CC1. The van der Waals surface area contributed by atoms with Gasteiger partial charge in [0.05, 0.1) is 0 Å². The Hall–Kier alpha value is -1.59. The fourth-order valence-electron chi connectivity index (χ4n) is 2.98. The summed E-state index contributed by atoms with van der Waals surface area (Å²) >= 11 is 0. The average Bonchev–Trinajstić information content (AvgIpc) is 2.67. The molecule has 0 unspecified atom stereocenters. The van der Waals surface area contributed by atoms with Crippen LogP contribution in [0, 0.1) is 17.3 Å². The van der Waals surface area contributed by atoms with Crippen molar-refractivity contribution in [2.24, 2.45) is 17.3 Å². The maximum absolute atomic E-state index is 12.1. The topological polar surface area (TPSA) is 78.5 Å². The van der Waals surface area contributed by atoms with E-state index in [2.05, 4.69) is 31.5 Å². The second-order valence-corrected chi connectivity index (χ2v) is 6.83. The van der Waals surface area contributed by atoms with Crippen LogP contribution in [0.25, 0.3) is 0 Å². The summed E-state index contributed by atoms with van der Waals surface area (Å²) in [4.78, 5) is 34.5. The minimum absolute atomic E-state index is 0.0582. The zero-order chi connectivity index (χ0) is 14.9. The quantitative estimate of drug-likeness (QED) is 0.751. The van der Waals surface area contributed by atoms with Gasteiger partial charge in [-0.3, -0.25) is 20.3 Å². The predicted molar refractivity (Wildman–Crippen MR) is 73.3 cm³/mol. The third-order valence-corrected chi connectivity index (χ3v) is 4.36. The largest absolute Gasteiger partial charge is 0.343 e. The van der Waals surface area contributed by atoms with E-state index in [1.807, 2.05) is 0 Å².